The Bertz CT molecular complexity index is 415. The fourth-order valence-corrected chi connectivity index (χ4v) is 4.75. The maximum atomic E-state index is 11.5. The van der Waals surface area contributed by atoms with Crippen molar-refractivity contribution in [3.63, 3.8) is 0 Å². The molecule has 0 aliphatic heterocycles. The van der Waals surface area contributed by atoms with E-state index < -0.39 is 15.4 Å². The molecule has 4 nitrogen and oxygen atoms in total. The van der Waals surface area contributed by atoms with Crippen molar-refractivity contribution in [3.05, 3.63) is 0 Å². The zero-order valence-corrected chi connectivity index (χ0v) is 22.3. The van der Waals surface area contributed by atoms with Crippen molar-refractivity contribution < 1.29 is 47.6 Å². The van der Waals surface area contributed by atoms with Crippen LogP contribution in [-0.4, -0.2) is 29.9 Å². The van der Waals surface area contributed by atoms with Gasteiger partial charge < -0.3 is 9.66 Å². The molecular formula is C23H47NaO4S. The maximum Gasteiger partial charge on any atom is 1.00 e. The molecule has 0 saturated carbocycles. The summed E-state index contributed by atoms with van der Waals surface area (Å²) in [6, 6.07) is 0. The van der Waals surface area contributed by atoms with Gasteiger partial charge in [0.05, 0.1) is 10.1 Å². The van der Waals surface area contributed by atoms with Gasteiger partial charge in [-0.15, -0.1) is 0 Å². The summed E-state index contributed by atoms with van der Waals surface area (Å²) in [6.07, 6.45) is 21.8. The van der Waals surface area contributed by atoms with E-state index in [1.807, 2.05) is 0 Å². The summed E-state index contributed by atoms with van der Waals surface area (Å²) >= 11 is 0. The molecule has 0 saturated heterocycles. The molecule has 29 heavy (non-hydrogen) atoms. The predicted molar refractivity (Wildman–Crippen MR) is 119 cm³/mol. The van der Waals surface area contributed by atoms with Crippen LogP contribution in [0.1, 0.15) is 135 Å². The predicted octanol–water partition coefficient (Wildman–Crippen LogP) is 3.72. The molecule has 0 radical (unpaired) electrons. The normalized spacial score (nSPS) is 12.7. The molecule has 0 aromatic carbocycles. The van der Waals surface area contributed by atoms with E-state index in [4.69, 9.17) is 5.11 Å². The summed E-state index contributed by atoms with van der Waals surface area (Å²) in [4.78, 5) is 0. The number of aliphatic hydroxyl groups excluding tert-OH is 1. The van der Waals surface area contributed by atoms with Crippen molar-refractivity contribution >= 4 is 10.1 Å². The van der Waals surface area contributed by atoms with Gasteiger partial charge in [0.15, 0.2) is 0 Å². The van der Waals surface area contributed by atoms with Gasteiger partial charge in [-0.1, -0.05) is 116 Å². The second kappa shape index (κ2) is 23.5. The quantitative estimate of drug-likeness (QED) is 0.157. The van der Waals surface area contributed by atoms with E-state index in [2.05, 4.69) is 6.92 Å². The van der Waals surface area contributed by atoms with Crippen LogP contribution in [-0.2, 0) is 10.1 Å². The summed E-state index contributed by atoms with van der Waals surface area (Å²) in [6.45, 7) is 2.51. The monoisotopic (exact) mass is 442 g/mol. The van der Waals surface area contributed by atoms with Crippen LogP contribution in [0.15, 0.2) is 0 Å². The van der Waals surface area contributed by atoms with Crippen LogP contribution in [0.4, 0.5) is 0 Å². The van der Waals surface area contributed by atoms with Crippen LogP contribution >= 0.6 is 0 Å². The fourth-order valence-electron chi connectivity index (χ4n) is 3.84. The number of aliphatic hydroxyl groups is 1. The summed E-state index contributed by atoms with van der Waals surface area (Å²) in [5.74, 6) is 0. The zero-order chi connectivity index (χ0) is 20.9. The Morgan fingerprint density at radius 1 is 0.621 bits per heavy atom. The van der Waals surface area contributed by atoms with E-state index in [9.17, 15) is 13.0 Å². The largest absolute Gasteiger partial charge is 1.00 e. The van der Waals surface area contributed by atoms with Crippen LogP contribution in [0, 0.1) is 0 Å². The third kappa shape index (κ3) is 23.4. The Morgan fingerprint density at radius 3 is 1.24 bits per heavy atom. The van der Waals surface area contributed by atoms with E-state index in [1.165, 1.54) is 51.4 Å². The summed E-state index contributed by atoms with van der Waals surface area (Å²) < 4.78 is 34.5. The molecule has 170 valence electrons. The van der Waals surface area contributed by atoms with Crippen LogP contribution in [0.5, 0.6) is 0 Å². The fraction of sp³-hybridized carbons (Fsp3) is 1.00. The molecule has 1 unspecified atom stereocenters. The molecule has 1 atom stereocenters. The molecular weight excluding hydrogens is 395 g/mol. The van der Waals surface area contributed by atoms with Gasteiger partial charge in [-0.25, -0.2) is 8.42 Å². The first-order chi connectivity index (χ1) is 13.5. The van der Waals surface area contributed by atoms with E-state index in [-0.39, 0.29) is 36.2 Å². The Balaban J connectivity index is 0. The van der Waals surface area contributed by atoms with Gasteiger partial charge in [-0.3, -0.25) is 0 Å². The molecule has 0 amide bonds. The second-order valence-corrected chi connectivity index (χ2v) is 10.1. The molecule has 0 aromatic rings. The smallest absolute Gasteiger partial charge is 0.748 e. The first kappa shape index (κ1) is 32.1. The van der Waals surface area contributed by atoms with Crippen molar-refractivity contribution in [1.82, 2.24) is 0 Å². The number of hydrogen-bond donors (Lipinski definition) is 1. The molecule has 0 aliphatic rings. The third-order valence-electron chi connectivity index (χ3n) is 5.72. The molecule has 0 bridgehead atoms. The van der Waals surface area contributed by atoms with Gasteiger partial charge in [0.1, 0.15) is 0 Å². The van der Waals surface area contributed by atoms with Crippen molar-refractivity contribution in [2.45, 2.75) is 141 Å². The molecule has 6 heteroatoms. The van der Waals surface area contributed by atoms with Gasteiger partial charge >= 0.3 is 29.6 Å². The van der Waals surface area contributed by atoms with E-state index >= 15 is 0 Å². The van der Waals surface area contributed by atoms with Crippen molar-refractivity contribution in [1.29, 1.82) is 0 Å². The number of unbranched alkanes of at least 4 members (excludes halogenated alkanes) is 16. The van der Waals surface area contributed by atoms with Crippen LogP contribution in [0.2, 0.25) is 0 Å². The second-order valence-electron chi connectivity index (χ2n) is 8.43. The minimum absolute atomic E-state index is 0. The Labute approximate surface area is 204 Å². The molecule has 0 aliphatic carbocycles. The molecule has 0 heterocycles. The summed E-state index contributed by atoms with van der Waals surface area (Å²) in [7, 11) is -4.16. The average Bonchev–Trinajstić information content (AvgIpc) is 2.65. The Kier molecular flexibility index (Phi) is 26.0. The van der Waals surface area contributed by atoms with Gasteiger partial charge in [0, 0.05) is 11.9 Å². The van der Waals surface area contributed by atoms with Crippen molar-refractivity contribution in [2.24, 2.45) is 0 Å². The molecule has 0 spiro atoms. The molecule has 0 aromatic heterocycles. The Morgan fingerprint density at radius 2 is 0.931 bits per heavy atom. The first-order valence-electron chi connectivity index (χ1n) is 12.1. The van der Waals surface area contributed by atoms with Gasteiger partial charge in [0.25, 0.3) is 0 Å². The van der Waals surface area contributed by atoms with Gasteiger partial charge in [-0.2, -0.15) is 0 Å². The topological polar surface area (TPSA) is 77.4 Å². The van der Waals surface area contributed by atoms with E-state index in [1.54, 1.807) is 0 Å². The summed E-state index contributed by atoms with van der Waals surface area (Å²) in [5.41, 5.74) is 0. The first-order valence-corrected chi connectivity index (χ1v) is 13.5. The average molecular weight is 443 g/mol. The maximum absolute atomic E-state index is 11.5. The SMILES string of the molecule is CCCCCCCCCCCCCC(CCCCCCCCCO)S(=O)(=O)[O-].[Na+]. The minimum Gasteiger partial charge on any atom is -0.748 e. The summed E-state index contributed by atoms with van der Waals surface area (Å²) in [5, 5.41) is 8.06. The standard InChI is InChI=1S/C23H48O4S.Na/c1-2-3-4-5-6-7-8-9-11-14-17-20-23(28(25,26)27)21-18-15-12-10-13-16-19-22-24;/h23-24H,2-22H2,1H3,(H,25,26,27);/q;+1/p-1. The molecule has 0 fully saturated rings. The van der Waals surface area contributed by atoms with Crippen molar-refractivity contribution in [2.75, 3.05) is 6.61 Å². The van der Waals surface area contributed by atoms with Gasteiger partial charge in [0.2, 0.25) is 0 Å². The molecule has 0 rings (SSSR count). The minimum atomic E-state index is -4.16. The van der Waals surface area contributed by atoms with E-state index in [0.717, 1.165) is 64.2 Å². The number of hydrogen-bond acceptors (Lipinski definition) is 4. The zero-order valence-electron chi connectivity index (χ0n) is 19.5. The van der Waals surface area contributed by atoms with E-state index in [0.29, 0.717) is 12.8 Å². The number of rotatable bonds is 22. The Hall–Kier alpha value is 0.870. The van der Waals surface area contributed by atoms with Crippen LogP contribution in [0.25, 0.3) is 0 Å². The van der Waals surface area contributed by atoms with Crippen LogP contribution in [0.3, 0.4) is 0 Å². The third-order valence-corrected chi connectivity index (χ3v) is 7.01. The van der Waals surface area contributed by atoms with Gasteiger partial charge in [-0.05, 0) is 19.3 Å². The van der Waals surface area contributed by atoms with Crippen LogP contribution < -0.4 is 29.6 Å². The van der Waals surface area contributed by atoms with Crippen molar-refractivity contribution in [3.8, 4) is 0 Å². The molecule has 1 N–H and O–H groups in total.